The summed E-state index contributed by atoms with van der Waals surface area (Å²) in [6.07, 6.45) is 0. The van der Waals surface area contributed by atoms with Crippen molar-refractivity contribution in [2.24, 2.45) is 0 Å². The second-order valence-corrected chi connectivity index (χ2v) is 4.75. The molecular formula is C18H16O3. The molecule has 0 saturated heterocycles. The molecule has 106 valence electrons. The number of benzene rings is 2. The average molecular weight is 280 g/mol. The van der Waals surface area contributed by atoms with Crippen molar-refractivity contribution in [3.63, 3.8) is 0 Å². The number of ether oxygens (including phenoxy) is 1. The molecule has 2 rings (SSSR count). The highest BCUT2D eigenvalue weighted by Crippen LogP contribution is 2.12. The molecule has 0 atom stereocenters. The van der Waals surface area contributed by atoms with Gasteiger partial charge in [0.15, 0.2) is 5.78 Å². The third-order valence-corrected chi connectivity index (χ3v) is 2.97. The van der Waals surface area contributed by atoms with Gasteiger partial charge in [0, 0.05) is 16.7 Å². The first kappa shape index (κ1) is 14.7. The topological polar surface area (TPSA) is 43.4 Å². The molecule has 0 aliphatic heterocycles. The fourth-order valence-corrected chi connectivity index (χ4v) is 1.78. The molecule has 0 unspecified atom stereocenters. The van der Waals surface area contributed by atoms with Crippen LogP contribution in [0.1, 0.15) is 28.4 Å². The summed E-state index contributed by atoms with van der Waals surface area (Å²) in [6, 6.07) is 16.1. The van der Waals surface area contributed by atoms with Gasteiger partial charge < -0.3 is 4.74 Å². The molecule has 3 heteroatoms. The molecule has 0 fully saturated rings. The number of hydrogen-bond acceptors (Lipinski definition) is 3. The zero-order valence-corrected chi connectivity index (χ0v) is 11.8. The number of rotatable bonds is 5. The zero-order chi connectivity index (χ0) is 15.2. The second-order valence-electron chi connectivity index (χ2n) is 4.75. The van der Waals surface area contributed by atoms with Crippen LogP contribution >= 0.6 is 0 Å². The summed E-state index contributed by atoms with van der Waals surface area (Å²) >= 11 is 0. The Morgan fingerprint density at radius 3 is 2.10 bits per heavy atom. The van der Waals surface area contributed by atoms with E-state index in [1.165, 1.54) is 0 Å². The minimum atomic E-state index is -0.417. The Balaban J connectivity index is 2.04. The molecule has 3 nitrogen and oxygen atoms in total. The molecule has 0 radical (unpaired) electrons. The Hall–Kier alpha value is -2.68. The molecule has 0 aliphatic carbocycles. The Morgan fingerprint density at radius 1 is 0.952 bits per heavy atom. The Labute approximate surface area is 123 Å². The van der Waals surface area contributed by atoms with Crippen molar-refractivity contribution in [1.29, 1.82) is 0 Å². The summed E-state index contributed by atoms with van der Waals surface area (Å²) in [7, 11) is 0. The Morgan fingerprint density at radius 2 is 1.52 bits per heavy atom. The molecule has 0 saturated carbocycles. The molecule has 2 aromatic rings. The van der Waals surface area contributed by atoms with E-state index in [4.69, 9.17) is 4.74 Å². The quantitative estimate of drug-likeness (QED) is 0.478. The van der Waals surface area contributed by atoms with Crippen molar-refractivity contribution in [1.82, 2.24) is 0 Å². The summed E-state index contributed by atoms with van der Waals surface area (Å²) in [6.45, 7) is 5.29. The molecule has 21 heavy (non-hydrogen) atoms. The van der Waals surface area contributed by atoms with Gasteiger partial charge in [-0.05, 0) is 12.5 Å². The van der Waals surface area contributed by atoms with E-state index in [0.29, 0.717) is 16.7 Å². The maximum atomic E-state index is 12.2. The lowest BCUT2D eigenvalue weighted by atomic mass is 10.0. The van der Waals surface area contributed by atoms with Crippen LogP contribution < -0.4 is 0 Å². The number of carbonyl (C=O) groups excluding carboxylic acids is 2. The van der Waals surface area contributed by atoms with Gasteiger partial charge in [0.25, 0.3) is 0 Å². The van der Waals surface area contributed by atoms with Gasteiger partial charge in [-0.25, -0.2) is 4.79 Å². The van der Waals surface area contributed by atoms with Gasteiger partial charge in [0.2, 0.25) is 0 Å². The first-order valence-electron chi connectivity index (χ1n) is 6.59. The first-order chi connectivity index (χ1) is 10.1. The Bertz CT molecular complexity index is 655. The number of esters is 1. The van der Waals surface area contributed by atoms with E-state index in [9.17, 15) is 9.59 Å². The van der Waals surface area contributed by atoms with Crippen LogP contribution in [-0.2, 0) is 16.1 Å². The smallest absolute Gasteiger partial charge is 0.333 e. The minimum Gasteiger partial charge on any atom is -0.457 e. The van der Waals surface area contributed by atoms with Crippen LogP contribution in [0.5, 0.6) is 0 Å². The number of carbonyl (C=O) groups is 2. The van der Waals surface area contributed by atoms with E-state index in [2.05, 4.69) is 6.58 Å². The lowest BCUT2D eigenvalue weighted by molar-refractivity contribution is -0.140. The van der Waals surface area contributed by atoms with Crippen LogP contribution in [0.25, 0.3) is 0 Å². The Kier molecular flexibility index (Phi) is 4.67. The molecule has 0 N–H and O–H groups in total. The molecule has 2 aromatic carbocycles. The van der Waals surface area contributed by atoms with Crippen LogP contribution in [0.2, 0.25) is 0 Å². The summed E-state index contributed by atoms with van der Waals surface area (Å²) in [4.78, 5) is 23.5. The fourth-order valence-electron chi connectivity index (χ4n) is 1.78. The molecule has 0 aromatic heterocycles. The highest BCUT2D eigenvalue weighted by atomic mass is 16.5. The van der Waals surface area contributed by atoms with E-state index in [1.54, 1.807) is 43.3 Å². The lowest BCUT2D eigenvalue weighted by Gasteiger charge is -2.06. The molecule has 0 aliphatic rings. The van der Waals surface area contributed by atoms with Crippen molar-refractivity contribution in [3.05, 3.63) is 83.4 Å². The molecule has 0 spiro atoms. The van der Waals surface area contributed by atoms with Crippen LogP contribution in [-0.4, -0.2) is 11.8 Å². The molecule has 0 bridgehead atoms. The summed E-state index contributed by atoms with van der Waals surface area (Å²) < 4.78 is 5.05. The van der Waals surface area contributed by atoms with Crippen LogP contribution in [0.15, 0.2) is 66.7 Å². The van der Waals surface area contributed by atoms with Gasteiger partial charge >= 0.3 is 5.97 Å². The maximum absolute atomic E-state index is 12.2. The predicted molar refractivity (Wildman–Crippen MR) is 80.9 cm³/mol. The lowest BCUT2D eigenvalue weighted by Crippen LogP contribution is -2.05. The van der Waals surface area contributed by atoms with E-state index < -0.39 is 5.97 Å². The van der Waals surface area contributed by atoms with Gasteiger partial charge in [0.1, 0.15) is 6.61 Å². The second kappa shape index (κ2) is 6.66. The van der Waals surface area contributed by atoms with Gasteiger partial charge in [-0.1, -0.05) is 61.2 Å². The average Bonchev–Trinajstić information content (AvgIpc) is 2.53. The van der Waals surface area contributed by atoms with Crippen LogP contribution in [0, 0.1) is 0 Å². The number of hydrogen-bond donors (Lipinski definition) is 0. The van der Waals surface area contributed by atoms with Crippen molar-refractivity contribution >= 4 is 11.8 Å². The summed E-state index contributed by atoms with van der Waals surface area (Å²) in [5.41, 5.74) is 2.45. The van der Waals surface area contributed by atoms with Crippen molar-refractivity contribution in [3.8, 4) is 0 Å². The zero-order valence-electron chi connectivity index (χ0n) is 11.8. The van der Waals surface area contributed by atoms with Gasteiger partial charge in [0.05, 0.1) is 0 Å². The third kappa shape index (κ3) is 3.89. The molecular weight excluding hydrogens is 264 g/mol. The normalized spacial score (nSPS) is 9.95. The van der Waals surface area contributed by atoms with Crippen molar-refractivity contribution in [2.75, 3.05) is 0 Å². The molecule has 0 amide bonds. The first-order valence-corrected chi connectivity index (χ1v) is 6.59. The van der Waals surface area contributed by atoms with Crippen LogP contribution in [0.4, 0.5) is 0 Å². The van der Waals surface area contributed by atoms with E-state index in [1.807, 2.05) is 18.2 Å². The van der Waals surface area contributed by atoms with Crippen LogP contribution in [0.3, 0.4) is 0 Å². The minimum absolute atomic E-state index is 0.0268. The predicted octanol–water partition coefficient (Wildman–Crippen LogP) is 3.54. The van der Waals surface area contributed by atoms with Gasteiger partial charge in [-0.3, -0.25) is 4.79 Å². The fraction of sp³-hybridized carbons (Fsp3) is 0.111. The standard InChI is InChI=1S/C18H16O3/c1-13(2)18(20)21-12-14-8-10-16(11-9-14)17(19)15-6-4-3-5-7-15/h3-11H,1,12H2,2H3. The third-order valence-electron chi connectivity index (χ3n) is 2.97. The van der Waals surface area contributed by atoms with E-state index in [0.717, 1.165) is 5.56 Å². The van der Waals surface area contributed by atoms with Crippen molar-refractivity contribution < 1.29 is 14.3 Å². The van der Waals surface area contributed by atoms with Gasteiger partial charge in [-0.15, -0.1) is 0 Å². The highest BCUT2D eigenvalue weighted by Gasteiger charge is 2.09. The molecule has 0 heterocycles. The highest BCUT2D eigenvalue weighted by molar-refractivity contribution is 6.08. The van der Waals surface area contributed by atoms with Crippen molar-refractivity contribution in [2.45, 2.75) is 13.5 Å². The van der Waals surface area contributed by atoms with E-state index >= 15 is 0 Å². The maximum Gasteiger partial charge on any atom is 0.333 e. The number of ketones is 1. The summed E-state index contributed by atoms with van der Waals surface area (Å²) in [5.74, 6) is -0.444. The van der Waals surface area contributed by atoms with E-state index in [-0.39, 0.29) is 12.4 Å². The SMILES string of the molecule is C=C(C)C(=O)OCc1ccc(C(=O)c2ccccc2)cc1. The monoisotopic (exact) mass is 280 g/mol. The summed E-state index contributed by atoms with van der Waals surface area (Å²) in [5, 5.41) is 0. The largest absolute Gasteiger partial charge is 0.457 e. The van der Waals surface area contributed by atoms with Gasteiger partial charge in [-0.2, -0.15) is 0 Å².